The van der Waals surface area contributed by atoms with Crippen molar-refractivity contribution in [3.05, 3.63) is 113 Å². The summed E-state index contributed by atoms with van der Waals surface area (Å²) in [5.41, 5.74) is 4.54. The van der Waals surface area contributed by atoms with Gasteiger partial charge in [-0.15, -0.1) is 0 Å². The molecule has 0 spiro atoms. The first-order valence-corrected chi connectivity index (χ1v) is 12.0. The molecule has 1 aromatic heterocycles. The summed E-state index contributed by atoms with van der Waals surface area (Å²) in [5.74, 6) is 1.15. The Bertz CT molecular complexity index is 1290. The highest BCUT2D eigenvalue weighted by molar-refractivity contribution is 5.98. The van der Waals surface area contributed by atoms with Crippen LogP contribution in [0.4, 0.5) is 5.69 Å². The lowest BCUT2D eigenvalue weighted by atomic mass is 9.90. The smallest absolute Gasteiger partial charge is 0.248 e. The molecule has 36 heavy (non-hydrogen) atoms. The molecule has 182 valence electrons. The summed E-state index contributed by atoms with van der Waals surface area (Å²) in [5, 5.41) is 3.07. The van der Waals surface area contributed by atoms with Crippen LogP contribution < -0.4 is 5.32 Å². The number of carbonyl (C=O) groups excluding carboxylic acids is 2. The van der Waals surface area contributed by atoms with Gasteiger partial charge in [0.05, 0.1) is 5.92 Å². The summed E-state index contributed by atoms with van der Waals surface area (Å²) in [7, 11) is 1.53. The summed E-state index contributed by atoms with van der Waals surface area (Å²) in [6.45, 7) is 1.23. The van der Waals surface area contributed by atoms with Gasteiger partial charge < -0.3 is 19.4 Å². The average Bonchev–Trinajstić information content (AvgIpc) is 3.34. The van der Waals surface area contributed by atoms with E-state index in [1.54, 1.807) is 4.90 Å². The zero-order valence-electron chi connectivity index (χ0n) is 20.1. The van der Waals surface area contributed by atoms with E-state index in [2.05, 4.69) is 5.32 Å². The minimum Gasteiger partial charge on any atom is -0.461 e. The normalized spacial score (nSPS) is 12.9. The molecule has 0 radical (unpaired) electrons. The van der Waals surface area contributed by atoms with Gasteiger partial charge in [-0.2, -0.15) is 0 Å². The second kappa shape index (κ2) is 10.6. The molecule has 0 atom stereocenters. The second-order valence-corrected chi connectivity index (χ2v) is 8.88. The lowest BCUT2D eigenvalue weighted by Gasteiger charge is -2.25. The fourth-order valence-electron chi connectivity index (χ4n) is 4.62. The van der Waals surface area contributed by atoms with Crippen molar-refractivity contribution in [2.24, 2.45) is 0 Å². The molecule has 1 aliphatic rings. The number of nitrogens with one attached hydrogen (secondary N) is 1. The zero-order chi connectivity index (χ0) is 24.9. The van der Waals surface area contributed by atoms with Crippen LogP contribution in [0.3, 0.4) is 0 Å². The number of rotatable bonds is 7. The second-order valence-electron chi connectivity index (χ2n) is 8.88. The van der Waals surface area contributed by atoms with Crippen LogP contribution in [0.1, 0.15) is 28.4 Å². The minimum atomic E-state index is -0.410. The van der Waals surface area contributed by atoms with E-state index in [0.29, 0.717) is 25.2 Å². The Morgan fingerprint density at radius 2 is 1.58 bits per heavy atom. The largest absolute Gasteiger partial charge is 0.461 e. The molecule has 0 aliphatic carbocycles. The topological polar surface area (TPSA) is 71.8 Å². The first-order chi connectivity index (χ1) is 17.6. The maximum absolute atomic E-state index is 13.4. The van der Waals surface area contributed by atoms with E-state index in [4.69, 9.17) is 9.15 Å². The summed E-state index contributed by atoms with van der Waals surface area (Å²) in [4.78, 5) is 27.3. The van der Waals surface area contributed by atoms with E-state index in [1.165, 1.54) is 7.11 Å². The van der Waals surface area contributed by atoms with Crippen LogP contribution in [-0.4, -0.2) is 37.0 Å². The van der Waals surface area contributed by atoms with E-state index in [9.17, 15) is 9.59 Å². The fourth-order valence-corrected chi connectivity index (χ4v) is 4.62. The van der Waals surface area contributed by atoms with Crippen LogP contribution in [-0.2, 0) is 27.3 Å². The third kappa shape index (κ3) is 5.09. The number of amides is 2. The van der Waals surface area contributed by atoms with E-state index in [-0.39, 0.29) is 18.4 Å². The number of benzene rings is 3. The SMILES string of the molecule is COCC(=O)N1CCc2oc(-c3ccc(NC(=O)C(c4ccccc4)c4ccccc4)cc3)cc2C1. The summed E-state index contributed by atoms with van der Waals surface area (Å²) < 4.78 is 11.1. The molecule has 0 saturated carbocycles. The Balaban J connectivity index is 1.31. The lowest BCUT2D eigenvalue weighted by molar-refractivity contribution is -0.136. The molecule has 1 aliphatic heterocycles. The number of fused-ring (bicyclic) bond motifs is 1. The highest BCUT2D eigenvalue weighted by atomic mass is 16.5. The van der Waals surface area contributed by atoms with Crippen molar-refractivity contribution in [2.75, 3.05) is 25.6 Å². The average molecular weight is 481 g/mol. The number of nitrogens with zero attached hydrogens (tertiary/aromatic N) is 1. The molecule has 0 bridgehead atoms. The van der Waals surface area contributed by atoms with Gasteiger partial charge in [0.15, 0.2) is 0 Å². The molecular weight excluding hydrogens is 452 g/mol. The highest BCUT2D eigenvalue weighted by Gasteiger charge is 2.25. The maximum atomic E-state index is 13.4. The lowest BCUT2D eigenvalue weighted by Crippen LogP contribution is -2.37. The summed E-state index contributed by atoms with van der Waals surface area (Å²) >= 11 is 0. The third-order valence-electron chi connectivity index (χ3n) is 6.45. The van der Waals surface area contributed by atoms with Gasteiger partial charge in [0.25, 0.3) is 0 Å². The minimum absolute atomic E-state index is 0.0182. The van der Waals surface area contributed by atoms with Gasteiger partial charge in [-0.25, -0.2) is 0 Å². The van der Waals surface area contributed by atoms with Crippen LogP contribution >= 0.6 is 0 Å². The Hall–Kier alpha value is -4.16. The molecule has 0 unspecified atom stereocenters. The molecule has 0 saturated heterocycles. The highest BCUT2D eigenvalue weighted by Crippen LogP contribution is 2.31. The molecule has 4 aromatic rings. The Labute approximate surface area is 210 Å². The van der Waals surface area contributed by atoms with Crippen molar-refractivity contribution < 1.29 is 18.7 Å². The van der Waals surface area contributed by atoms with Gasteiger partial charge in [-0.3, -0.25) is 9.59 Å². The van der Waals surface area contributed by atoms with Crippen LogP contribution in [0.5, 0.6) is 0 Å². The Morgan fingerprint density at radius 1 is 0.944 bits per heavy atom. The van der Waals surface area contributed by atoms with Crippen molar-refractivity contribution in [3.8, 4) is 11.3 Å². The van der Waals surface area contributed by atoms with Crippen LogP contribution in [0.25, 0.3) is 11.3 Å². The molecule has 5 rings (SSSR count). The number of hydrogen-bond donors (Lipinski definition) is 1. The van der Waals surface area contributed by atoms with Gasteiger partial charge in [0, 0.05) is 43.4 Å². The van der Waals surface area contributed by atoms with Crippen LogP contribution in [0.2, 0.25) is 0 Å². The van der Waals surface area contributed by atoms with Gasteiger partial charge >= 0.3 is 0 Å². The number of methoxy groups -OCH3 is 1. The summed E-state index contributed by atoms with van der Waals surface area (Å²) in [6, 6.07) is 29.2. The number of carbonyl (C=O) groups is 2. The number of anilines is 1. The first-order valence-electron chi connectivity index (χ1n) is 12.0. The van der Waals surface area contributed by atoms with Gasteiger partial charge in [-0.1, -0.05) is 60.7 Å². The predicted molar refractivity (Wildman–Crippen MR) is 138 cm³/mol. The van der Waals surface area contributed by atoms with Crippen molar-refractivity contribution in [1.29, 1.82) is 0 Å². The van der Waals surface area contributed by atoms with E-state index >= 15 is 0 Å². The van der Waals surface area contributed by atoms with Crippen molar-refractivity contribution in [2.45, 2.75) is 18.9 Å². The maximum Gasteiger partial charge on any atom is 0.248 e. The summed E-state index contributed by atoms with van der Waals surface area (Å²) in [6.07, 6.45) is 0.680. The van der Waals surface area contributed by atoms with E-state index in [0.717, 1.165) is 33.8 Å². The molecule has 2 heterocycles. The Morgan fingerprint density at radius 3 is 2.19 bits per heavy atom. The molecule has 2 amide bonds. The van der Waals surface area contributed by atoms with E-state index < -0.39 is 5.92 Å². The standard InChI is InChI=1S/C30H28N2O4/c1-35-20-28(33)32-17-16-26-24(19-32)18-27(36-26)21-12-14-25(15-13-21)31-30(34)29(22-8-4-2-5-9-22)23-10-6-3-7-11-23/h2-15,18,29H,16-17,19-20H2,1H3,(H,31,34). The zero-order valence-corrected chi connectivity index (χ0v) is 20.1. The first kappa shape index (κ1) is 23.6. The van der Waals surface area contributed by atoms with Crippen molar-refractivity contribution >= 4 is 17.5 Å². The third-order valence-corrected chi connectivity index (χ3v) is 6.45. The molecule has 6 nitrogen and oxygen atoms in total. The molecule has 3 aromatic carbocycles. The fraction of sp³-hybridized carbons (Fsp3) is 0.200. The predicted octanol–water partition coefficient (Wildman–Crippen LogP) is 5.25. The van der Waals surface area contributed by atoms with Gasteiger partial charge in [0.2, 0.25) is 11.8 Å². The quantitative estimate of drug-likeness (QED) is 0.392. The number of hydrogen-bond acceptors (Lipinski definition) is 4. The molecule has 0 fully saturated rings. The van der Waals surface area contributed by atoms with Crippen molar-refractivity contribution in [3.63, 3.8) is 0 Å². The van der Waals surface area contributed by atoms with Crippen LogP contribution in [0.15, 0.2) is 95.4 Å². The monoisotopic (exact) mass is 480 g/mol. The Kier molecular flexibility index (Phi) is 6.96. The molecule has 1 N–H and O–H groups in total. The van der Waals surface area contributed by atoms with Crippen LogP contribution in [0, 0.1) is 0 Å². The molecule has 6 heteroatoms. The van der Waals surface area contributed by atoms with Gasteiger partial charge in [0.1, 0.15) is 18.1 Å². The van der Waals surface area contributed by atoms with Crippen molar-refractivity contribution in [1.82, 2.24) is 4.90 Å². The van der Waals surface area contributed by atoms with E-state index in [1.807, 2.05) is 91.0 Å². The number of ether oxygens (including phenoxy) is 1. The number of furan rings is 1. The molecular formula is C30H28N2O4. The van der Waals surface area contributed by atoms with Gasteiger partial charge in [-0.05, 0) is 41.5 Å².